The van der Waals surface area contributed by atoms with Gasteiger partial charge in [0, 0.05) is 19.7 Å². The topological polar surface area (TPSA) is 105 Å². The fourth-order valence-corrected chi connectivity index (χ4v) is 3.57. The maximum atomic E-state index is 12.5. The van der Waals surface area contributed by atoms with E-state index in [-0.39, 0.29) is 23.1 Å². The number of carbonyl (C=O) groups is 1. The number of ether oxygens (including phenoxy) is 1. The number of benzene rings is 1. The molecular formula is C14H20N2O5S. The minimum Gasteiger partial charge on any atom is -0.478 e. The van der Waals surface area contributed by atoms with E-state index in [1.165, 1.54) is 12.1 Å². The molecule has 1 aromatic carbocycles. The van der Waals surface area contributed by atoms with E-state index in [9.17, 15) is 13.2 Å². The van der Waals surface area contributed by atoms with E-state index in [2.05, 4.69) is 10.0 Å². The van der Waals surface area contributed by atoms with Crippen LogP contribution in [0.15, 0.2) is 23.1 Å². The van der Waals surface area contributed by atoms with Crippen molar-refractivity contribution in [1.82, 2.24) is 4.72 Å². The summed E-state index contributed by atoms with van der Waals surface area (Å²) in [5.74, 6) is -1.17. The molecule has 0 aliphatic carbocycles. The Balaban J connectivity index is 2.25. The van der Waals surface area contributed by atoms with Gasteiger partial charge in [-0.2, -0.15) is 0 Å². The highest BCUT2D eigenvalue weighted by molar-refractivity contribution is 7.89. The van der Waals surface area contributed by atoms with Gasteiger partial charge < -0.3 is 15.2 Å². The fourth-order valence-electron chi connectivity index (χ4n) is 2.30. The van der Waals surface area contributed by atoms with Crippen LogP contribution < -0.4 is 10.0 Å². The Labute approximate surface area is 129 Å². The van der Waals surface area contributed by atoms with Crippen LogP contribution in [0, 0.1) is 0 Å². The molecule has 1 heterocycles. The number of carboxylic acids is 1. The van der Waals surface area contributed by atoms with E-state index in [1.54, 1.807) is 0 Å². The number of aromatic carboxylic acids is 1. The Kier molecular flexibility index (Phi) is 5.38. The second-order valence-corrected chi connectivity index (χ2v) is 6.77. The molecular weight excluding hydrogens is 308 g/mol. The van der Waals surface area contributed by atoms with Crippen molar-refractivity contribution in [1.29, 1.82) is 0 Å². The maximum Gasteiger partial charge on any atom is 0.335 e. The van der Waals surface area contributed by atoms with Crippen LogP contribution in [0.3, 0.4) is 0 Å². The van der Waals surface area contributed by atoms with Crippen LogP contribution >= 0.6 is 0 Å². The van der Waals surface area contributed by atoms with Crippen LogP contribution in [0.2, 0.25) is 0 Å². The SMILES string of the molecule is CCNc1ccc(C(=O)O)cc1S(=O)(=O)NC[C@@H]1CCCO1. The summed E-state index contributed by atoms with van der Waals surface area (Å²) in [6.07, 6.45) is 1.61. The molecule has 1 atom stereocenters. The van der Waals surface area contributed by atoms with Crippen molar-refractivity contribution in [3.8, 4) is 0 Å². The summed E-state index contributed by atoms with van der Waals surface area (Å²) in [6, 6.07) is 4.01. The molecule has 1 aliphatic rings. The number of sulfonamides is 1. The van der Waals surface area contributed by atoms with Crippen LogP contribution in [0.4, 0.5) is 5.69 Å². The summed E-state index contributed by atoms with van der Waals surface area (Å²) in [7, 11) is -3.81. The normalized spacial score (nSPS) is 18.3. The molecule has 1 saturated heterocycles. The second kappa shape index (κ2) is 7.08. The average molecular weight is 328 g/mol. The Morgan fingerprint density at radius 1 is 1.45 bits per heavy atom. The van der Waals surface area contributed by atoms with Crippen LogP contribution in [0.5, 0.6) is 0 Å². The minimum atomic E-state index is -3.81. The van der Waals surface area contributed by atoms with Crippen LogP contribution in [0.25, 0.3) is 0 Å². The van der Waals surface area contributed by atoms with E-state index in [0.717, 1.165) is 18.9 Å². The Morgan fingerprint density at radius 2 is 2.23 bits per heavy atom. The Hall–Kier alpha value is -1.64. The first kappa shape index (κ1) is 16.7. The smallest absolute Gasteiger partial charge is 0.335 e. The van der Waals surface area contributed by atoms with Gasteiger partial charge in [-0.15, -0.1) is 0 Å². The molecule has 0 saturated carbocycles. The third-order valence-electron chi connectivity index (χ3n) is 3.41. The summed E-state index contributed by atoms with van der Waals surface area (Å²) in [6.45, 7) is 3.19. The molecule has 0 unspecified atom stereocenters. The maximum absolute atomic E-state index is 12.5. The highest BCUT2D eigenvalue weighted by Gasteiger charge is 2.23. The van der Waals surface area contributed by atoms with E-state index in [1.807, 2.05) is 6.92 Å². The number of carboxylic acid groups (broad SMARTS) is 1. The van der Waals surface area contributed by atoms with Gasteiger partial charge in [0.15, 0.2) is 0 Å². The first-order valence-corrected chi connectivity index (χ1v) is 8.65. The lowest BCUT2D eigenvalue weighted by Crippen LogP contribution is -2.32. The standard InChI is InChI=1S/C14H20N2O5S/c1-2-15-12-6-5-10(14(17)18)8-13(12)22(19,20)16-9-11-4-3-7-21-11/h5-6,8,11,15-16H,2-4,7,9H2,1H3,(H,17,18)/t11-/m0/s1. The highest BCUT2D eigenvalue weighted by Crippen LogP contribution is 2.23. The molecule has 0 amide bonds. The monoisotopic (exact) mass is 328 g/mol. The van der Waals surface area contributed by atoms with Gasteiger partial charge in [0.05, 0.1) is 17.4 Å². The van der Waals surface area contributed by atoms with Gasteiger partial charge in [-0.1, -0.05) is 0 Å². The Bertz CT molecular complexity index is 639. The van der Waals surface area contributed by atoms with Crippen molar-refractivity contribution in [3.05, 3.63) is 23.8 Å². The summed E-state index contributed by atoms with van der Waals surface area (Å²) in [4.78, 5) is 11.0. The lowest BCUT2D eigenvalue weighted by molar-refractivity contribution is 0.0696. The second-order valence-electron chi connectivity index (χ2n) is 5.03. The molecule has 7 nitrogen and oxygen atoms in total. The fraction of sp³-hybridized carbons (Fsp3) is 0.500. The van der Waals surface area contributed by atoms with Crippen LogP contribution in [0.1, 0.15) is 30.1 Å². The lowest BCUT2D eigenvalue weighted by Gasteiger charge is -2.15. The zero-order valence-electron chi connectivity index (χ0n) is 12.3. The third-order valence-corrected chi connectivity index (χ3v) is 4.87. The summed E-state index contributed by atoms with van der Waals surface area (Å²) < 4.78 is 32.8. The van der Waals surface area contributed by atoms with Gasteiger partial charge in [0.25, 0.3) is 0 Å². The van der Waals surface area contributed by atoms with Crippen LogP contribution in [-0.4, -0.2) is 45.3 Å². The van der Waals surface area contributed by atoms with E-state index >= 15 is 0 Å². The van der Waals surface area contributed by atoms with Crippen molar-refractivity contribution >= 4 is 21.7 Å². The van der Waals surface area contributed by atoms with E-state index in [4.69, 9.17) is 9.84 Å². The molecule has 1 aliphatic heterocycles. The van der Waals surface area contributed by atoms with Crippen molar-refractivity contribution in [2.24, 2.45) is 0 Å². The van der Waals surface area contributed by atoms with Gasteiger partial charge in [0.2, 0.25) is 10.0 Å². The zero-order valence-corrected chi connectivity index (χ0v) is 13.1. The molecule has 1 aromatic rings. The van der Waals surface area contributed by atoms with Crippen molar-refractivity contribution < 1.29 is 23.1 Å². The largest absolute Gasteiger partial charge is 0.478 e. The number of nitrogens with one attached hydrogen (secondary N) is 2. The first-order valence-electron chi connectivity index (χ1n) is 7.16. The predicted molar refractivity (Wildman–Crippen MR) is 81.7 cm³/mol. The van der Waals surface area contributed by atoms with Gasteiger partial charge in [-0.3, -0.25) is 0 Å². The van der Waals surface area contributed by atoms with Gasteiger partial charge in [-0.05, 0) is 38.0 Å². The minimum absolute atomic E-state index is 0.0627. The molecule has 8 heteroatoms. The van der Waals surface area contributed by atoms with Crippen LogP contribution in [-0.2, 0) is 14.8 Å². The Morgan fingerprint density at radius 3 is 2.82 bits per heavy atom. The van der Waals surface area contributed by atoms with Gasteiger partial charge in [-0.25, -0.2) is 17.9 Å². The number of rotatable bonds is 7. The number of hydrogen-bond acceptors (Lipinski definition) is 5. The third kappa shape index (κ3) is 3.96. The molecule has 122 valence electrons. The lowest BCUT2D eigenvalue weighted by atomic mass is 10.2. The molecule has 0 bridgehead atoms. The molecule has 1 fully saturated rings. The summed E-state index contributed by atoms with van der Waals surface area (Å²) in [5, 5.41) is 12.0. The highest BCUT2D eigenvalue weighted by atomic mass is 32.2. The molecule has 0 aromatic heterocycles. The molecule has 0 radical (unpaired) electrons. The molecule has 22 heavy (non-hydrogen) atoms. The molecule has 2 rings (SSSR count). The first-order chi connectivity index (χ1) is 10.4. The number of hydrogen-bond donors (Lipinski definition) is 3. The van der Waals surface area contributed by atoms with E-state index < -0.39 is 16.0 Å². The van der Waals surface area contributed by atoms with Crippen molar-refractivity contribution in [2.45, 2.75) is 30.8 Å². The quantitative estimate of drug-likeness (QED) is 0.696. The zero-order chi connectivity index (χ0) is 16.2. The van der Waals surface area contributed by atoms with Gasteiger partial charge >= 0.3 is 5.97 Å². The van der Waals surface area contributed by atoms with Crippen molar-refractivity contribution in [3.63, 3.8) is 0 Å². The van der Waals surface area contributed by atoms with E-state index in [0.29, 0.717) is 18.8 Å². The molecule has 0 spiro atoms. The summed E-state index contributed by atoms with van der Waals surface area (Å²) in [5.41, 5.74) is 0.312. The summed E-state index contributed by atoms with van der Waals surface area (Å²) >= 11 is 0. The predicted octanol–water partition coefficient (Wildman–Crippen LogP) is 1.27. The number of anilines is 1. The molecule has 3 N–H and O–H groups in total. The van der Waals surface area contributed by atoms with Gasteiger partial charge in [0.1, 0.15) is 4.90 Å². The van der Waals surface area contributed by atoms with Crippen molar-refractivity contribution in [2.75, 3.05) is 25.0 Å². The average Bonchev–Trinajstić information content (AvgIpc) is 2.99.